The first kappa shape index (κ1) is 22.4. The van der Waals surface area contributed by atoms with Gasteiger partial charge in [-0.05, 0) is 0 Å². The Hall–Kier alpha value is 3.67. The van der Waals surface area contributed by atoms with Crippen molar-refractivity contribution in [3.05, 3.63) is 0 Å². The minimum atomic E-state index is -4.08. The van der Waals surface area contributed by atoms with E-state index < -0.39 is 18.6 Å². The average Bonchev–Trinajstić information content (AvgIpc) is 0.811. The number of rotatable bonds is 0. The molecule has 0 amide bonds. The van der Waals surface area contributed by atoms with Gasteiger partial charge in [0, 0.05) is 0 Å². The maximum absolute atomic E-state index is 8.58. The Labute approximate surface area is 133 Å². The Morgan fingerprint density at radius 1 is 1.14 bits per heavy atom. The van der Waals surface area contributed by atoms with E-state index in [1.54, 1.807) is 0 Å². The Kier molecular flexibility index (Phi) is 52.3. The zero-order valence-corrected chi connectivity index (χ0v) is 12.0. The maximum atomic E-state index is 8.58. The monoisotopic (exact) mass is 192 g/mol. The summed E-state index contributed by atoms with van der Waals surface area (Å²) in [5.74, 6) is 0. The van der Waals surface area contributed by atoms with E-state index in [9.17, 15) is 0 Å². The second-order valence-corrected chi connectivity index (χ2v) is 1.03. The van der Waals surface area contributed by atoms with E-state index in [1.165, 1.54) is 0 Å². The molecule has 0 aliphatic rings. The third-order valence-electron chi connectivity index (χ3n) is 0. The Morgan fingerprint density at radius 2 is 1.14 bits per heavy atom. The summed E-state index contributed by atoms with van der Waals surface area (Å²) in [4.78, 5) is 0. The van der Waals surface area contributed by atoms with Gasteiger partial charge in [0.05, 0.1) is 0 Å². The molecule has 4 nitrogen and oxygen atoms in total. The van der Waals surface area contributed by atoms with Crippen molar-refractivity contribution in [2.24, 2.45) is 0 Å². The van der Waals surface area contributed by atoms with Crippen LogP contribution in [-0.4, -0.2) is 5.48 Å². The summed E-state index contributed by atoms with van der Waals surface area (Å²) in [6.07, 6.45) is 0. The second kappa shape index (κ2) is 16.3. The third kappa shape index (κ3) is 42.3. The van der Waals surface area contributed by atoms with Crippen LogP contribution >= 0.6 is 0 Å². The molecule has 0 saturated carbocycles. The van der Waals surface area contributed by atoms with Gasteiger partial charge in [0.15, 0.2) is 0 Å². The summed E-state index contributed by atoms with van der Waals surface area (Å²) < 4.78 is 25.8. The average molecular weight is 192 g/mol. The van der Waals surface area contributed by atoms with E-state index in [4.69, 9.17) is 10.7 Å². The van der Waals surface area contributed by atoms with Crippen LogP contribution in [0.25, 0.3) is 0 Å². The topological polar surface area (TPSA) is 94.7 Å². The zero-order chi connectivity index (χ0) is 3.58. The van der Waals surface area contributed by atoms with Crippen molar-refractivity contribution in [3.63, 3.8) is 0 Å². The van der Waals surface area contributed by atoms with Crippen molar-refractivity contribution in [2.75, 3.05) is 0 Å². The molecule has 0 atom stereocenters. The van der Waals surface area contributed by atoms with Crippen molar-refractivity contribution in [3.8, 4) is 0 Å². The fourth-order valence-electron chi connectivity index (χ4n) is 0. The Bertz CT molecular complexity index is 32.7. The molecule has 7 heavy (non-hydrogen) atoms. The Balaban J connectivity index is -0.0000000150. The summed E-state index contributed by atoms with van der Waals surface area (Å²) in [5.41, 5.74) is 0. The fourth-order valence-corrected chi connectivity index (χ4v) is 0. The molecule has 0 bridgehead atoms. The fraction of sp³-hybridized carbons (Fsp3) is 0. The molecule has 0 heterocycles. The molecule has 0 aromatic carbocycles. The van der Waals surface area contributed by atoms with Gasteiger partial charge in [0.25, 0.3) is 0 Å². The molecule has 0 radical (unpaired) electrons. The molecular formula is H2K2O4Ti. The third-order valence-corrected chi connectivity index (χ3v) is 0. The van der Waals surface area contributed by atoms with Gasteiger partial charge in [-0.1, -0.05) is 0 Å². The Morgan fingerprint density at radius 3 is 1.14 bits per heavy atom. The van der Waals surface area contributed by atoms with Crippen LogP contribution in [0.2, 0.25) is 0 Å². The van der Waals surface area contributed by atoms with Crippen LogP contribution in [0, 0.1) is 0 Å². The predicted molar refractivity (Wildman–Crippen MR) is 4.30 cm³/mol. The van der Waals surface area contributed by atoms with Gasteiger partial charge in [-0.2, -0.15) is 0 Å². The van der Waals surface area contributed by atoms with Gasteiger partial charge in [-0.3, -0.25) is 0 Å². The van der Waals surface area contributed by atoms with Crippen LogP contribution in [0.1, 0.15) is 0 Å². The molecule has 7 heteroatoms. The molecule has 0 unspecified atom stereocenters. The summed E-state index contributed by atoms with van der Waals surface area (Å²) in [7, 11) is 0. The molecule has 0 aliphatic carbocycles. The minimum absolute atomic E-state index is 0. The SMILES string of the molecule is O.[K+].[K+].[O]=[Ti]([O-])[O-]. The molecule has 0 spiro atoms. The molecule has 0 aromatic rings. The van der Waals surface area contributed by atoms with Gasteiger partial charge in [-0.15, -0.1) is 0 Å². The van der Waals surface area contributed by atoms with Crippen molar-refractivity contribution in [1.29, 1.82) is 0 Å². The standard InChI is InChI=1S/2K.H2O.3O.Ti/h;;1H2;;;;/q2*+1;;;2*-1;. The van der Waals surface area contributed by atoms with Gasteiger partial charge < -0.3 is 5.48 Å². The van der Waals surface area contributed by atoms with Crippen molar-refractivity contribution >= 4 is 0 Å². The molecule has 0 aliphatic heterocycles. The van der Waals surface area contributed by atoms with Crippen molar-refractivity contribution < 1.29 is 138 Å². The van der Waals surface area contributed by atoms with Crippen molar-refractivity contribution in [2.45, 2.75) is 0 Å². The quantitative estimate of drug-likeness (QED) is 0.356. The van der Waals surface area contributed by atoms with Gasteiger partial charge >= 0.3 is 132 Å². The summed E-state index contributed by atoms with van der Waals surface area (Å²) >= 11 is -4.08. The second-order valence-electron chi connectivity index (χ2n) is 0.250. The molecule has 32 valence electrons. The zero-order valence-electron chi connectivity index (χ0n) is 4.22. The molecular weight excluding hydrogens is 190 g/mol. The van der Waals surface area contributed by atoms with Crippen LogP contribution in [0.5, 0.6) is 0 Å². The summed E-state index contributed by atoms with van der Waals surface area (Å²) in [5, 5.41) is 0. The molecule has 2 N–H and O–H groups in total. The normalized spacial score (nSPS) is 3.71. The molecule has 0 fully saturated rings. The first-order valence-corrected chi connectivity index (χ1v) is 2.52. The first-order valence-electron chi connectivity index (χ1n) is 0.612. The summed E-state index contributed by atoms with van der Waals surface area (Å²) in [6, 6.07) is 0. The van der Waals surface area contributed by atoms with E-state index in [-0.39, 0.29) is 108 Å². The van der Waals surface area contributed by atoms with Gasteiger partial charge in [-0.25, -0.2) is 0 Å². The van der Waals surface area contributed by atoms with E-state index >= 15 is 0 Å². The number of hydrogen-bond acceptors (Lipinski definition) is 3. The molecule has 0 aromatic heterocycles. The number of hydrogen-bond donors (Lipinski definition) is 0. The van der Waals surface area contributed by atoms with Crippen LogP contribution in [0.15, 0.2) is 0 Å². The first-order chi connectivity index (χ1) is 1.73. The molecule has 0 rings (SSSR count). The van der Waals surface area contributed by atoms with Crippen LogP contribution in [0.4, 0.5) is 0 Å². The predicted octanol–water partition coefficient (Wildman–Crippen LogP) is -9.32. The van der Waals surface area contributed by atoms with Crippen molar-refractivity contribution in [1.82, 2.24) is 0 Å². The van der Waals surface area contributed by atoms with Crippen LogP contribution < -0.4 is 110 Å². The van der Waals surface area contributed by atoms with E-state index in [1.807, 2.05) is 0 Å². The summed E-state index contributed by atoms with van der Waals surface area (Å²) in [6.45, 7) is 0. The van der Waals surface area contributed by atoms with E-state index in [2.05, 4.69) is 0 Å². The van der Waals surface area contributed by atoms with E-state index in [0.717, 1.165) is 0 Å². The molecule has 0 saturated heterocycles. The van der Waals surface area contributed by atoms with Crippen LogP contribution in [-0.2, 0) is 21.9 Å². The van der Waals surface area contributed by atoms with E-state index in [0.29, 0.717) is 0 Å². The van der Waals surface area contributed by atoms with Gasteiger partial charge in [0.1, 0.15) is 0 Å². The van der Waals surface area contributed by atoms with Gasteiger partial charge in [0.2, 0.25) is 0 Å². The van der Waals surface area contributed by atoms with Crippen LogP contribution in [0.3, 0.4) is 0 Å².